The number of hydrogen-bond donors (Lipinski definition) is 2. The van der Waals surface area contributed by atoms with Gasteiger partial charge in [0.15, 0.2) is 0 Å². The molecule has 0 aromatic carbocycles. The van der Waals surface area contributed by atoms with E-state index in [1.54, 1.807) is 0 Å². The largest absolute Gasteiger partial charge is 0.370 e. The van der Waals surface area contributed by atoms with E-state index in [2.05, 4.69) is 15.6 Å². The van der Waals surface area contributed by atoms with Crippen LogP contribution in [0.15, 0.2) is 12.3 Å². The van der Waals surface area contributed by atoms with Crippen LogP contribution >= 0.6 is 0 Å². The van der Waals surface area contributed by atoms with Crippen LogP contribution < -0.4 is 10.6 Å². The molecule has 0 saturated carbocycles. The van der Waals surface area contributed by atoms with Gasteiger partial charge in [-0.2, -0.15) is 0 Å². The summed E-state index contributed by atoms with van der Waals surface area (Å²) < 4.78 is 0. The van der Waals surface area contributed by atoms with Crippen LogP contribution in [0.25, 0.3) is 0 Å². The van der Waals surface area contributed by atoms with Crippen LogP contribution in [0.2, 0.25) is 0 Å². The minimum Gasteiger partial charge on any atom is -0.370 e. The Labute approximate surface area is 92.0 Å². The Morgan fingerprint density at radius 3 is 2.81 bits per heavy atom. The van der Waals surface area contributed by atoms with E-state index in [1.165, 1.54) is 13.1 Å². The van der Waals surface area contributed by atoms with Crippen LogP contribution in [0.3, 0.4) is 0 Å². The molecule has 1 aromatic heterocycles. The average molecular weight is 224 g/mol. The first-order valence-corrected chi connectivity index (χ1v) is 4.70. The van der Waals surface area contributed by atoms with Crippen molar-refractivity contribution in [1.29, 1.82) is 0 Å². The Morgan fingerprint density at radius 2 is 2.31 bits per heavy atom. The maximum Gasteiger partial charge on any atom is 0.300 e. The SMILES string of the molecule is CCNc1cc(C(=O)NC)c([N+](=O)[O-])cn1. The van der Waals surface area contributed by atoms with Gasteiger partial charge in [-0.15, -0.1) is 0 Å². The van der Waals surface area contributed by atoms with E-state index in [-0.39, 0.29) is 11.3 Å². The predicted octanol–water partition coefficient (Wildman–Crippen LogP) is 0.781. The van der Waals surface area contributed by atoms with Gasteiger partial charge in [-0.25, -0.2) is 4.98 Å². The van der Waals surface area contributed by atoms with Gasteiger partial charge in [0.05, 0.1) is 4.92 Å². The number of nitrogens with one attached hydrogen (secondary N) is 2. The van der Waals surface area contributed by atoms with Crippen molar-refractivity contribution in [2.45, 2.75) is 6.92 Å². The molecule has 0 aliphatic heterocycles. The maximum absolute atomic E-state index is 11.4. The van der Waals surface area contributed by atoms with Crippen molar-refractivity contribution in [3.8, 4) is 0 Å². The Hall–Kier alpha value is -2.18. The first-order chi connectivity index (χ1) is 7.60. The smallest absolute Gasteiger partial charge is 0.300 e. The van der Waals surface area contributed by atoms with Crippen LogP contribution in [-0.2, 0) is 0 Å². The van der Waals surface area contributed by atoms with Gasteiger partial charge in [-0.05, 0) is 6.92 Å². The quantitative estimate of drug-likeness (QED) is 0.581. The van der Waals surface area contributed by atoms with E-state index >= 15 is 0 Å². The second-order valence-electron chi connectivity index (χ2n) is 2.95. The van der Waals surface area contributed by atoms with Gasteiger partial charge in [0.2, 0.25) is 0 Å². The topological polar surface area (TPSA) is 97.2 Å². The number of aromatic nitrogens is 1. The van der Waals surface area contributed by atoms with Gasteiger partial charge in [0.25, 0.3) is 11.6 Å². The highest BCUT2D eigenvalue weighted by atomic mass is 16.6. The average Bonchev–Trinajstić information content (AvgIpc) is 2.28. The molecule has 1 rings (SSSR count). The molecule has 0 radical (unpaired) electrons. The highest BCUT2D eigenvalue weighted by molar-refractivity contribution is 5.98. The molecule has 0 fully saturated rings. The molecule has 16 heavy (non-hydrogen) atoms. The van der Waals surface area contributed by atoms with Crippen molar-refractivity contribution in [3.05, 3.63) is 27.9 Å². The summed E-state index contributed by atoms with van der Waals surface area (Å²) in [6, 6.07) is 1.36. The van der Waals surface area contributed by atoms with Gasteiger partial charge in [-0.3, -0.25) is 14.9 Å². The molecule has 0 aliphatic carbocycles. The maximum atomic E-state index is 11.4. The lowest BCUT2D eigenvalue weighted by Crippen LogP contribution is -2.19. The summed E-state index contributed by atoms with van der Waals surface area (Å²) in [4.78, 5) is 25.3. The molecule has 0 unspecified atom stereocenters. The monoisotopic (exact) mass is 224 g/mol. The normalized spacial score (nSPS) is 9.62. The number of carbonyl (C=O) groups is 1. The van der Waals surface area contributed by atoms with Crippen LogP contribution in [0.1, 0.15) is 17.3 Å². The molecule has 7 heteroatoms. The summed E-state index contributed by atoms with van der Waals surface area (Å²) in [5.41, 5.74) is -0.306. The zero-order valence-corrected chi connectivity index (χ0v) is 8.98. The van der Waals surface area contributed by atoms with Gasteiger partial charge in [0.1, 0.15) is 17.6 Å². The molecule has 0 spiro atoms. The standard InChI is InChI=1S/C9H12N4O3/c1-3-11-8-4-6(9(14)10-2)7(5-12-8)13(15)16/h4-5H,3H2,1-2H3,(H,10,14)(H,11,12). The number of hydrogen-bond acceptors (Lipinski definition) is 5. The third-order valence-corrected chi connectivity index (χ3v) is 1.91. The van der Waals surface area contributed by atoms with E-state index in [0.717, 1.165) is 6.20 Å². The molecule has 0 atom stereocenters. The highest BCUT2D eigenvalue weighted by Gasteiger charge is 2.20. The van der Waals surface area contributed by atoms with Crippen molar-refractivity contribution >= 4 is 17.4 Å². The lowest BCUT2D eigenvalue weighted by atomic mass is 10.2. The van der Waals surface area contributed by atoms with Crippen LogP contribution in [0.4, 0.5) is 11.5 Å². The summed E-state index contributed by atoms with van der Waals surface area (Å²) >= 11 is 0. The lowest BCUT2D eigenvalue weighted by molar-refractivity contribution is -0.385. The van der Waals surface area contributed by atoms with Crippen molar-refractivity contribution in [2.24, 2.45) is 0 Å². The summed E-state index contributed by atoms with van der Waals surface area (Å²) in [6.45, 7) is 2.49. The van der Waals surface area contributed by atoms with Crippen molar-refractivity contribution < 1.29 is 9.72 Å². The fraction of sp³-hybridized carbons (Fsp3) is 0.333. The van der Waals surface area contributed by atoms with Gasteiger partial charge >= 0.3 is 0 Å². The number of amides is 1. The van der Waals surface area contributed by atoms with E-state index in [1.807, 2.05) is 6.92 Å². The molecule has 1 aromatic rings. The van der Waals surface area contributed by atoms with Crippen LogP contribution in [0.5, 0.6) is 0 Å². The number of nitrogens with zero attached hydrogens (tertiary/aromatic N) is 2. The van der Waals surface area contributed by atoms with Crippen molar-refractivity contribution in [3.63, 3.8) is 0 Å². The number of pyridine rings is 1. The molecular weight excluding hydrogens is 212 g/mol. The first-order valence-electron chi connectivity index (χ1n) is 4.70. The minimum absolute atomic E-state index is 0.00144. The zero-order chi connectivity index (χ0) is 12.1. The molecule has 2 N–H and O–H groups in total. The highest BCUT2D eigenvalue weighted by Crippen LogP contribution is 2.19. The molecule has 7 nitrogen and oxygen atoms in total. The number of nitro groups is 1. The number of anilines is 1. The van der Waals surface area contributed by atoms with E-state index < -0.39 is 10.8 Å². The summed E-state index contributed by atoms with van der Waals surface area (Å²) in [6.07, 6.45) is 1.07. The summed E-state index contributed by atoms with van der Waals surface area (Å²) in [7, 11) is 1.42. The molecule has 1 heterocycles. The third kappa shape index (κ3) is 2.44. The Kier molecular flexibility index (Phi) is 3.76. The third-order valence-electron chi connectivity index (χ3n) is 1.91. The Balaban J connectivity index is 3.21. The fourth-order valence-electron chi connectivity index (χ4n) is 1.19. The van der Waals surface area contributed by atoms with E-state index in [0.29, 0.717) is 12.4 Å². The molecular formula is C9H12N4O3. The Bertz CT molecular complexity index is 419. The first kappa shape index (κ1) is 11.9. The molecule has 0 saturated heterocycles. The molecule has 86 valence electrons. The number of carbonyl (C=O) groups excluding carboxylic acids is 1. The second-order valence-corrected chi connectivity index (χ2v) is 2.95. The van der Waals surface area contributed by atoms with Gasteiger partial charge in [-0.1, -0.05) is 0 Å². The van der Waals surface area contributed by atoms with Crippen LogP contribution in [0, 0.1) is 10.1 Å². The fourth-order valence-corrected chi connectivity index (χ4v) is 1.19. The molecule has 1 amide bonds. The number of rotatable bonds is 4. The van der Waals surface area contributed by atoms with E-state index in [9.17, 15) is 14.9 Å². The second kappa shape index (κ2) is 5.06. The van der Waals surface area contributed by atoms with Crippen molar-refractivity contribution in [2.75, 3.05) is 18.9 Å². The minimum atomic E-state index is -0.632. The lowest BCUT2D eigenvalue weighted by Gasteiger charge is -2.05. The van der Waals surface area contributed by atoms with Crippen molar-refractivity contribution in [1.82, 2.24) is 10.3 Å². The summed E-state index contributed by atoms with van der Waals surface area (Å²) in [5, 5.41) is 15.9. The molecule has 0 aliphatic rings. The van der Waals surface area contributed by atoms with Gasteiger partial charge < -0.3 is 10.6 Å². The molecule has 0 bridgehead atoms. The summed E-state index contributed by atoms with van der Waals surface area (Å²) in [5.74, 6) is -0.0695. The van der Waals surface area contributed by atoms with Gasteiger partial charge in [0, 0.05) is 19.7 Å². The van der Waals surface area contributed by atoms with E-state index in [4.69, 9.17) is 0 Å². The zero-order valence-electron chi connectivity index (χ0n) is 8.98. The predicted molar refractivity (Wildman–Crippen MR) is 58.4 cm³/mol. The Morgan fingerprint density at radius 1 is 1.62 bits per heavy atom. The van der Waals surface area contributed by atoms with Crippen LogP contribution in [-0.4, -0.2) is 29.4 Å².